The first-order valence-corrected chi connectivity index (χ1v) is 14.7. The monoisotopic (exact) mass is 588 g/mol. The second-order valence-corrected chi connectivity index (χ2v) is 10.7. The Balaban J connectivity index is 1.79. The van der Waals surface area contributed by atoms with Crippen molar-refractivity contribution in [3.05, 3.63) is 78.4 Å². The van der Waals surface area contributed by atoms with E-state index in [9.17, 15) is 19.5 Å². The van der Waals surface area contributed by atoms with Gasteiger partial charge in [-0.1, -0.05) is 43.3 Å². The van der Waals surface area contributed by atoms with Crippen molar-refractivity contribution in [2.24, 2.45) is 11.8 Å². The number of rotatable bonds is 12. The van der Waals surface area contributed by atoms with Crippen molar-refractivity contribution < 1.29 is 33.7 Å². The third-order valence-corrected chi connectivity index (χ3v) is 7.44. The summed E-state index contributed by atoms with van der Waals surface area (Å²) in [5, 5.41) is 17.4. The van der Waals surface area contributed by atoms with Crippen LogP contribution < -0.4 is 24.8 Å². The van der Waals surface area contributed by atoms with Gasteiger partial charge in [0.25, 0.3) is 0 Å². The van der Waals surface area contributed by atoms with Crippen LogP contribution in [-0.4, -0.2) is 48.1 Å². The number of ether oxygens (including phenoxy) is 3. The van der Waals surface area contributed by atoms with Gasteiger partial charge in [-0.3, -0.25) is 14.4 Å². The van der Waals surface area contributed by atoms with Crippen molar-refractivity contribution in [1.29, 1.82) is 0 Å². The van der Waals surface area contributed by atoms with Crippen molar-refractivity contribution in [2.45, 2.75) is 52.1 Å². The zero-order valence-corrected chi connectivity index (χ0v) is 25.1. The Morgan fingerprint density at radius 1 is 0.837 bits per heavy atom. The van der Waals surface area contributed by atoms with Crippen molar-refractivity contribution in [1.82, 2.24) is 0 Å². The zero-order valence-electron chi connectivity index (χ0n) is 25.1. The number of aliphatic hydroxyl groups is 1. The Kier molecular flexibility index (Phi) is 10.4. The van der Waals surface area contributed by atoms with Crippen LogP contribution in [0.15, 0.2) is 72.8 Å². The largest absolute Gasteiger partial charge is 0.494 e. The van der Waals surface area contributed by atoms with Crippen LogP contribution in [0.4, 0.5) is 11.4 Å². The highest BCUT2D eigenvalue weighted by molar-refractivity contribution is 6.11. The molecule has 228 valence electrons. The van der Waals surface area contributed by atoms with Crippen LogP contribution in [0.5, 0.6) is 17.2 Å². The minimum atomic E-state index is -1.76. The molecule has 2 amide bonds. The summed E-state index contributed by atoms with van der Waals surface area (Å²) >= 11 is 0. The van der Waals surface area contributed by atoms with Crippen LogP contribution in [-0.2, 0) is 14.4 Å². The number of ketones is 1. The summed E-state index contributed by atoms with van der Waals surface area (Å²) in [6.45, 7) is 8.38. The molecule has 43 heavy (non-hydrogen) atoms. The number of carbonyl (C=O) groups is 3. The fourth-order valence-corrected chi connectivity index (χ4v) is 5.65. The van der Waals surface area contributed by atoms with Gasteiger partial charge in [0.2, 0.25) is 11.8 Å². The molecule has 1 aliphatic carbocycles. The summed E-state index contributed by atoms with van der Waals surface area (Å²) in [4.78, 5) is 41.9. The quantitative estimate of drug-likeness (QED) is 0.236. The van der Waals surface area contributed by atoms with Gasteiger partial charge in [-0.05, 0) is 69.2 Å². The molecule has 0 heterocycles. The molecule has 1 aliphatic rings. The van der Waals surface area contributed by atoms with E-state index >= 15 is 0 Å². The maximum absolute atomic E-state index is 14.1. The first-order chi connectivity index (χ1) is 20.7. The molecule has 9 heteroatoms. The maximum atomic E-state index is 14.1. The first kappa shape index (κ1) is 31.6. The normalized spacial score (nSPS) is 21.5. The Labute approximate surface area is 252 Å². The minimum absolute atomic E-state index is 0.383. The number of para-hydroxylation sites is 4. The van der Waals surface area contributed by atoms with Crippen LogP contribution in [0.1, 0.15) is 52.0 Å². The van der Waals surface area contributed by atoms with Crippen LogP contribution in [0, 0.1) is 11.8 Å². The SMILES string of the molecule is CCCOc1cccc(C2C(C(=O)Nc3ccccc3OCC)C(=O)CC(C)(O)C2C(=O)Nc2ccccc2OCC)c1. The molecule has 4 rings (SSSR count). The molecule has 9 nitrogen and oxygen atoms in total. The summed E-state index contributed by atoms with van der Waals surface area (Å²) in [6.07, 6.45) is 0.404. The van der Waals surface area contributed by atoms with Crippen LogP contribution in [0.2, 0.25) is 0 Å². The predicted molar refractivity (Wildman–Crippen MR) is 165 cm³/mol. The van der Waals surface area contributed by atoms with Gasteiger partial charge in [0.15, 0.2) is 0 Å². The number of anilines is 2. The minimum Gasteiger partial charge on any atom is -0.494 e. The fraction of sp³-hybridized carbons (Fsp3) is 0.382. The molecular weight excluding hydrogens is 548 g/mol. The number of benzene rings is 3. The van der Waals surface area contributed by atoms with Gasteiger partial charge in [-0.15, -0.1) is 0 Å². The van der Waals surface area contributed by atoms with Gasteiger partial charge in [0.05, 0.1) is 42.7 Å². The van der Waals surface area contributed by atoms with E-state index in [1.807, 2.05) is 20.8 Å². The molecule has 4 atom stereocenters. The van der Waals surface area contributed by atoms with Crippen LogP contribution in [0.3, 0.4) is 0 Å². The standard InChI is InChI=1S/C34H40N2O7/c1-5-19-43-23-14-12-13-22(20-23)29-30(32(38)35-24-15-8-10-17-27(24)41-6-2)26(37)21-34(4,40)31(29)33(39)36-25-16-9-11-18-28(25)42-7-3/h8-18,20,29-31,40H,5-7,19,21H2,1-4H3,(H,35,38)(H,36,39). The number of carbonyl (C=O) groups excluding carboxylic acids is 3. The molecule has 3 aromatic rings. The van der Waals surface area contributed by atoms with E-state index in [1.165, 1.54) is 6.92 Å². The number of amides is 2. The third kappa shape index (κ3) is 7.35. The molecule has 0 radical (unpaired) electrons. The lowest BCUT2D eigenvalue weighted by Gasteiger charge is -2.44. The molecule has 0 aliphatic heterocycles. The highest BCUT2D eigenvalue weighted by Crippen LogP contribution is 2.47. The summed E-state index contributed by atoms with van der Waals surface area (Å²) < 4.78 is 17.2. The lowest BCUT2D eigenvalue weighted by Crippen LogP contribution is -2.56. The van der Waals surface area contributed by atoms with Crippen molar-refractivity contribution in [3.8, 4) is 17.2 Å². The summed E-state index contributed by atoms with van der Waals surface area (Å²) in [5.41, 5.74) is -0.400. The van der Waals surface area contributed by atoms with Gasteiger partial charge in [-0.2, -0.15) is 0 Å². The number of Topliss-reactive ketones (excluding diaryl/α,β-unsaturated/α-hetero) is 1. The van der Waals surface area contributed by atoms with E-state index in [2.05, 4.69) is 10.6 Å². The van der Waals surface area contributed by atoms with E-state index in [4.69, 9.17) is 14.2 Å². The van der Waals surface area contributed by atoms with Gasteiger partial charge >= 0.3 is 0 Å². The highest BCUT2D eigenvalue weighted by atomic mass is 16.5. The highest BCUT2D eigenvalue weighted by Gasteiger charge is 2.56. The second-order valence-electron chi connectivity index (χ2n) is 10.7. The van der Waals surface area contributed by atoms with Crippen LogP contribution in [0.25, 0.3) is 0 Å². The van der Waals surface area contributed by atoms with Crippen molar-refractivity contribution >= 4 is 29.0 Å². The summed E-state index contributed by atoms with van der Waals surface area (Å²) in [7, 11) is 0. The number of nitrogens with one attached hydrogen (secondary N) is 2. The Hall–Kier alpha value is -4.37. The van der Waals surface area contributed by atoms with E-state index in [-0.39, 0.29) is 6.42 Å². The molecule has 0 saturated heterocycles. The second kappa shape index (κ2) is 14.2. The lowest BCUT2D eigenvalue weighted by atomic mass is 9.61. The molecule has 4 unspecified atom stereocenters. The van der Waals surface area contributed by atoms with E-state index in [0.29, 0.717) is 54.0 Å². The molecular formula is C34H40N2O7. The van der Waals surface area contributed by atoms with E-state index in [1.54, 1.807) is 72.8 Å². The summed E-state index contributed by atoms with van der Waals surface area (Å²) in [5.74, 6) is -3.61. The zero-order chi connectivity index (χ0) is 31.0. The Morgan fingerprint density at radius 2 is 1.42 bits per heavy atom. The van der Waals surface area contributed by atoms with Gasteiger partial charge in [0, 0.05) is 12.3 Å². The average molecular weight is 589 g/mol. The predicted octanol–water partition coefficient (Wildman–Crippen LogP) is 5.59. The van der Waals surface area contributed by atoms with Crippen molar-refractivity contribution in [3.63, 3.8) is 0 Å². The van der Waals surface area contributed by atoms with Crippen LogP contribution >= 0.6 is 0 Å². The Bertz CT molecular complexity index is 1440. The first-order valence-electron chi connectivity index (χ1n) is 14.7. The maximum Gasteiger partial charge on any atom is 0.235 e. The molecule has 0 aromatic heterocycles. The Morgan fingerprint density at radius 3 is 2.00 bits per heavy atom. The third-order valence-electron chi connectivity index (χ3n) is 7.44. The molecule has 1 saturated carbocycles. The van der Waals surface area contributed by atoms with Gasteiger partial charge < -0.3 is 30.0 Å². The topological polar surface area (TPSA) is 123 Å². The smallest absolute Gasteiger partial charge is 0.235 e. The van der Waals surface area contributed by atoms with Gasteiger partial charge in [-0.25, -0.2) is 0 Å². The van der Waals surface area contributed by atoms with E-state index in [0.717, 1.165) is 6.42 Å². The molecule has 0 bridgehead atoms. The molecule has 0 spiro atoms. The van der Waals surface area contributed by atoms with E-state index < -0.39 is 41.0 Å². The summed E-state index contributed by atoms with van der Waals surface area (Å²) in [6, 6.07) is 21.0. The van der Waals surface area contributed by atoms with Crippen molar-refractivity contribution in [2.75, 3.05) is 30.5 Å². The molecule has 3 aromatic carbocycles. The van der Waals surface area contributed by atoms with Gasteiger partial charge in [0.1, 0.15) is 28.9 Å². The number of hydrogen-bond donors (Lipinski definition) is 3. The molecule has 3 N–H and O–H groups in total. The average Bonchev–Trinajstić information content (AvgIpc) is 2.97. The number of hydrogen-bond acceptors (Lipinski definition) is 7. The fourth-order valence-electron chi connectivity index (χ4n) is 5.65. The lowest BCUT2D eigenvalue weighted by molar-refractivity contribution is -0.150. The molecule has 1 fully saturated rings.